The van der Waals surface area contributed by atoms with Crippen molar-refractivity contribution in [1.82, 2.24) is 14.8 Å². The fourth-order valence-electron chi connectivity index (χ4n) is 1.68. The molecule has 0 radical (unpaired) electrons. The molecule has 0 aliphatic heterocycles. The Bertz CT molecular complexity index is 312. The van der Waals surface area contributed by atoms with Crippen LogP contribution in [-0.4, -0.2) is 28.4 Å². The van der Waals surface area contributed by atoms with Crippen molar-refractivity contribution in [2.75, 3.05) is 18.9 Å². The van der Waals surface area contributed by atoms with E-state index in [0.29, 0.717) is 6.54 Å². The molecule has 5 heteroatoms. The SMILES string of the molecule is CNc1nnc(C2(CN)CC2)n1C. The number of nitrogens with zero attached hydrogens (tertiary/aromatic N) is 3. The second kappa shape index (κ2) is 2.70. The molecule has 1 saturated carbocycles. The highest BCUT2D eigenvalue weighted by molar-refractivity contribution is 5.30. The second-order valence-corrected chi connectivity index (χ2v) is 3.64. The van der Waals surface area contributed by atoms with E-state index in [1.54, 1.807) is 0 Å². The van der Waals surface area contributed by atoms with Crippen LogP contribution >= 0.6 is 0 Å². The maximum Gasteiger partial charge on any atom is 0.224 e. The van der Waals surface area contributed by atoms with Crippen LogP contribution in [0.1, 0.15) is 18.7 Å². The molecule has 3 N–H and O–H groups in total. The Hall–Kier alpha value is -1.10. The van der Waals surface area contributed by atoms with Crippen molar-refractivity contribution >= 4 is 5.95 Å². The molecule has 0 unspecified atom stereocenters. The van der Waals surface area contributed by atoms with Crippen LogP contribution in [0.2, 0.25) is 0 Å². The zero-order valence-electron chi connectivity index (χ0n) is 8.04. The van der Waals surface area contributed by atoms with Crippen molar-refractivity contribution < 1.29 is 0 Å². The Morgan fingerprint density at radius 3 is 2.62 bits per heavy atom. The van der Waals surface area contributed by atoms with E-state index in [1.807, 2.05) is 18.7 Å². The van der Waals surface area contributed by atoms with E-state index in [2.05, 4.69) is 15.5 Å². The van der Waals surface area contributed by atoms with E-state index < -0.39 is 0 Å². The zero-order chi connectivity index (χ0) is 9.47. The third-order valence-corrected chi connectivity index (χ3v) is 2.82. The minimum absolute atomic E-state index is 0.122. The number of hydrogen-bond acceptors (Lipinski definition) is 4. The first-order valence-electron chi connectivity index (χ1n) is 4.51. The Kier molecular flexibility index (Phi) is 1.76. The molecular weight excluding hydrogens is 166 g/mol. The van der Waals surface area contributed by atoms with Gasteiger partial charge in [-0.25, -0.2) is 0 Å². The first kappa shape index (κ1) is 8.50. The molecule has 0 spiro atoms. The van der Waals surface area contributed by atoms with Gasteiger partial charge in [-0.3, -0.25) is 0 Å². The largest absolute Gasteiger partial charge is 0.357 e. The van der Waals surface area contributed by atoms with Crippen molar-refractivity contribution in [3.63, 3.8) is 0 Å². The second-order valence-electron chi connectivity index (χ2n) is 3.64. The van der Waals surface area contributed by atoms with E-state index in [1.165, 1.54) is 0 Å². The molecule has 0 saturated heterocycles. The molecule has 0 aromatic carbocycles. The van der Waals surface area contributed by atoms with Crippen LogP contribution in [0.5, 0.6) is 0 Å². The minimum Gasteiger partial charge on any atom is -0.357 e. The van der Waals surface area contributed by atoms with Gasteiger partial charge in [0.05, 0.1) is 0 Å². The molecular formula is C8H15N5. The van der Waals surface area contributed by atoms with E-state index >= 15 is 0 Å². The topological polar surface area (TPSA) is 68.8 Å². The maximum atomic E-state index is 5.72. The molecule has 1 heterocycles. The van der Waals surface area contributed by atoms with Crippen LogP contribution in [0.15, 0.2) is 0 Å². The van der Waals surface area contributed by atoms with Crippen molar-refractivity contribution in [3.8, 4) is 0 Å². The molecule has 1 aliphatic carbocycles. The molecule has 1 aromatic rings. The third-order valence-electron chi connectivity index (χ3n) is 2.82. The van der Waals surface area contributed by atoms with Crippen molar-refractivity contribution in [1.29, 1.82) is 0 Å². The summed E-state index contributed by atoms with van der Waals surface area (Å²) in [5, 5.41) is 11.2. The van der Waals surface area contributed by atoms with E-state index in [0.717, 1.165) is 24.6 Å². The van der Waals surface area contributed by atoms with Gasteiger partial charge in [-0.15, -0.1) is 10.2 Å². The van der Waals surface area contributed by atoms with Gasteiger partial charge < -0.3 is 15.6 Å². The minimum atomic E-state index is 0.122. The average Bonchev–Trinajstić information content (AvgIpc) is 2.85. The molecule has 0 atom stereocenters. The molecule has 1 aliphatic rings. The van der Waals surface area contributed by atoms with Gasteiger partial charge in [-0.2, -0.15) is 0 Å². The first-order valence-corrected chi connectivity index (χ1v) is 4.51. The highest BCUT2D eigenvalue weighted by atomic mass is 15.3. The van der Waals surface area contributed by atoms with E-state index in [-0.39, 0.29) is 5.41 Å². The van der Waals surface area contributed by atoms with Crippen LogP contribution in [0, 0.1) is 0 Å². The summed E-state index contributed by atoms with van der Waals surface area (Å²) < 4.78 is 1.99. The predicted octanol–water partition coefficient (Wildman–Crippen LogP) is -0.153. The Morgan fingerprint density at radius 1 is 1.54 bits per heavy atom. The molecule has 0 amide bonds. The number of aromatic nitrogens is 3. The highest BCUT2D eigenvalue weighted by Crippen LogP contribution is 2.46. The summed E-state index contributed by atoms with van der Waals surface area (Å²) >= 11 is 0. The summed E-state index contributed by atoms with van der Waals surface area (Å²) in [6.45, 7) is 0.669. The summed E-state index contributed by atoms with van der Waals surface area (Å²) in [7, 11) is 3.81. The van der Waals surface area contributed by atoms with Gasteiger partial charge in [0.25, 0.3) is 0 Å². The lowest BCUT2D eigenvalue weighted by atomic mass is 10.1. The van der Waals surface area contributed by atoms with E-state index in [9.17, 15) is 0 Å². The normalized spacial score (nSPS) is 18.7. The predicted molar refractivity (Wildman–Crippen MR) is 50.5 cm³/mol. The third kappa shape index (κ3) is 1.11. The number of hydrogen-bond donors (Lipinski definition) is 2. The van der Waals surface area contributed by atoms with Gasteiger partial charge >= 0.3 is 0 Å². The molecule has 1 fully saturated rings. The number of nitrogens with one attached hydrogen (secondary N) is 1. The Morgan fingerprint density at radius 2 is 2.23 bits per heavy atom. The highest BCUT2D eigenvalue weighted by Gasteiger charge is 2.47. The van der Waals surface area contributed by atoms with Gasteiger partial charge in [0.2, 0.25) is 5.95 Å². The molecule has 13 heavy (non-hydrogen) atoms. The average molecular weight is 181 g/mol. The van der Waals surface area contributed by atoms with Gasteiger partial charge in [0.1, 0.15) is 5.82 Å². The van der Waals surface area contributed by atoms with Crippen LogP contribution in [0.4, 0.5) is 5.95 Å². The standard InChI is InChI=1S/C8H15N5/c1-10-7-12-11-6(13(7)2)8(5-9)3-4-8/h3-5,9H2,1-2H3,(H,10,12). The number of nitrogens with two attached hydrogens (primary N) is 1. The number of rotatable bonds is 3. The summed E-state index contributed by atoms with van der Waals surface area (Å²) in [6.07, 6.45) is 2.28. The summed E-state index contributed by atoms with van der Waals surface area (Å²) in [6, 6.07) is 0. The summed E-state index contributed by atoms with van der Waals surface area (Å²) in [4.78, 5) is 0. The quantitative estimate of drug-likeness (QED) is 0.680. The maximum absolute atomic E-state index is 5.72. The lowest BCUT2D eigenvalue weighted by Gasteiger charge is -2.11. The Balaban J connectivity index is 2.36. The smallest absolute Gasteiger partial charge is 0.224 e. The summed E-state index contributed by atoms with van der Waals surface area (Å²) in [5.74, 6) is 1.81. The molecule has 2 rings (SSSR count). The fraction of sp³-hybridized carbons (Fsp3) is 0.750. The Labute approximate surface area is 77.3 Å². The van der Waals surface area contributed by atoms with Crippen LogP contribution < -0.4 is 11.1 Å². The molecule has 1 aromatic heterocycles. The van der Waals surface area contributed by atoms with Crippen LogP contribution in [0.25, 0.3) is 0 Å². The summed E-state index contributed by atoms with van der Waals surface area (Å²) in [5.41, 5.74) is 5.84. The van der Waals surface area contributed by atoms with Gasteiger partial charge in [-0.1, -0.05) is 0 Å². The van der Waals surface area contributed by atoms with Gasteiger partial charge in [0, 0.05) is 26.1 Å². The monoisotopic (exact) mass is 181 g/mol. The zero-order valence-corrected chi connectivity index (χ0v) is 8.04. The molecule has 5 nitrogen and oxygen atoms in total. The van der Waals surface area contributed by atoms with Crippen LogP contribution in [0.3, 0.4) is 0 Å². The van der Waals surface area contributed by atoms with Crippen molar-refractivity contribution in [2.24, 2.45) is 12.8 Å². The fourth-order valence-corrected chi connectivity index (χ4v) is 1.68. The lowest BCUT2D eigenvalue weighted by Crippen LogP contribution is -2.23. The molecule has 0 bridgehead atoms. The van der Waals surface area contributed by atoms with Crippen molar-refractivity contribution in [2.45, 2.75) is 18.3 Å². The lowest BCUT2D eigenvalue weighted by molar-refractivity contribution is 0.613. The van der Waals surface area contributed by atoms with Crippen LogP contribution in [-0.2, 0) is 12.5 Å². The van der Waals surface area contributed by atoms with Crippen molar-refractivity contribution in [3.05, 3.63) is 5.82 Å². The van der Waals surface area contributed by atoms with Gasteiger partial charge in [0.15, 0.2) is 0 Å². The van der Waals surface area contributed by atoms with Gasteiger partial charge in [-0.05, 0) is 12.8 Å². The van der Waals surface area contributed by atoms with E-state index in [4.69, 9.17) is 5.73 Å². The number of anilines is 1. The first-order chi connectivity index (χ1) is 6.23. The molecule has 72 valence electrons.